The van der Waals surface area contributed by atoms with Crippen molar-refractivity contribution in [3.63, 3.8) is 0 Å². The second-order valence-corrected chi connectivity index (χ2v) is 8.07. The van der Waals surface area contributed by atoms with Gasteiger partial charge in [0, 0.05) is 36.4 Å². The predicted molar refractivity (Wildman–Crippen MR) is 117 cm³/mol. The lowest BCUT2D eigenvalue weighted by atomic mass is 9.99. The molecule has 0 saturated heterocycles. The molecule has 1 aromatic heterocycles. The average Bonchev–Trinajstić information content (AvgIpc) is 3.60. The zero-order valence-electron chi connectivity index (χ0n) is 18.1. The molecule has 4 rings (SSSR count). The molecule has 1 amide bonds. The first kappa shape index (κ1) is 23.5. The summed E-state index contributed by atoms with van der Waals surface area (Å²) >= 11 is 0. The number of nitrogens with zero attached hydrogens (tertiary/aromatic N) is 1. The molecule has 0 spiro atoms. The van der Waals surface area contributed by atoms with E-state index in [9.17, 15) is 18.0 Å². The average molecular weight is 475 g/mol. The van der Waals surface area contributed by atoms with Gasteiger partial charge in [0.15, 0.2) is 0 Å². The molecule has 0 bridgehead atoms. The lowest BCUT2D eigenvalue weighted by molar-refractivity contribution is 0.102. The maximum atomic E-state index is 15.2. The molecule has 6 nitrogen and oxygen atoms in total. The van der Waals surface area contributed by atoms with Gasteiger partial charge in [-0.25, -0.2) is 17.6 Å². The predicted octanol–water partition coefficient (Wildman–Crippen LogP) is 4.68. The number of hydrogen-bond acceptors (Lipinski definition) is 5. The maximum Gasteiger partial charge on any atom is 0.258 e. The van der Waals surface area contributed by atoms with Crippen molar-refractivity contribution in [2.24, 2.45) is 11.1 Å². The molecular formula is C24H21F4N3O3. The van der Waals surface area contributed by atoms with Gasteiger partial charge in [0.25, 0.3) is 5.91 Å². The minimum Gasteiger partial charge on any atom is -0.497 e. The van der Waals surface area contributed by atoms with Crippen LogP contribution in [0.5, 0.6) is 11.5 Å². The van der Waals surface area contributed by atoms with Crippen LogP contribution in [0.2, 0.25) is 0 Å². The third kappa shape index (κ3) is 4.54. The van der Waals surface area contributed by atoms with Crippen LogP contribution < -0.4 is 20.5 Å². The number of rotatable bonds is 8. The highest BCUT2D eigenvalue weighted by atomic mass is 19.1. The van der Waals surface area contributed by atoms with Gasteiger partial charge >= 0.3 is 0 Å². The van der Waals surface area contributed by atoms with Gasteiger partial charge in [-0.3, -0.25) is 9.78 Å². The summed E-state index contributed by atoms with van der Waals surface area (Å²) in [6.07, 6.45) is 4.62. The fourth-order valence-electron chi connectivity index (χ4n) is 3.47. The molecule has 1 heterocycles. The topological polar surface area (TPSA) is 86.5 Å². The smallest absolute Gasteiger partial charge is 0.258 e. The Morgan fingerprint density at radius 2 is 1.79 bits per heavy atom. The summed E-state index contributed by atoms with van der Waals surface area (Å²) in [6, 6.07) is 4.74. The lowest BCUT2D eigenvalue weighted by Gasteiger charge is -2.17. The van der Waals surface area contributed by atoms with E-state index in [-0.39, 0.29) is 22.6 Å². The number of aromatic nitrogens is 1. The van der Waals surface area contributed by atoms with Gasteiger partial charge < -0.3 is 20.5 Å². The zero-order valence-corrected chi connectivity index (χ0v) is 18.1. The second kappa shape index (κ2) is 9.30. The van der Waals surface area contributed by atoms with Crippen molar-refractivity contribution in [2.45, 2.75) is 12.8 Å². The van der Waals surface area contributed by atoms with Crippen molar-refractivity contribution < 1.29 is 31.8 Å². The highest BCUT2D eigenvalue weighted by molar-refractivity contribution is 6.06. The molecule has 1 saturated carbocycles. The Bertz CT molecular complexity index is 1230. The van der Waals surface area contributed by atoms with E-state index >= 15 is 4.39 Å². The van der Waals surface area contributed by atoms with Crippen molar-refractivity contribution in [1.82, 2.24) is 4.98 Å². The Hall–Kier alpha value is -3.66. The molecule has 0 atom stereocenters. The Kier molecular flexibility index (Phi) is 6.43. The molecular weight excluding hydrogens is 454 g/mol. The number of methoxy groups -OCH3 is 1. The number of benzene rings is 2. The van der Waals surface area contributed by atoms with E-state index in [1.165, 1.54) is 25.6 Å². The quantitative estimate of drug-likeness (QED) is 0.462. The van der Waals surface area contributed by atoms with Gasteiger partial charge in [0.2, 0.25) is 0 Å². The molecule has 3 N–H and O–H groups in total. The number of hydrogen-bond donors (Lipinski definition) is 2. The Labute approximate surface area is 192 Å². The fraction of sp³-hybridized carbons (Fsp3) is 0.250. The molecule has 1 fully saturated rings. The molecule has 1 aliphatic carbocycles. The Morgan fingerprint density at radius 3 is 2.41 bits per heavy atom. The van der Waals surface area contributed by atoms with Crippen molar-refractivity contribution in [2.75, 3.05) is 25.6 Å². The van der Waals surface area contributed by atoms with Crippen LogP contribution in [-0.2, 0) is 0 Å². The number of nitrogens with one attached hydrogen (secondary N) is 1. The highest BCUT2D eigenvalue weighted by Crippen LogP contribution is 2.45. The molecule has 3 aromatic rings. The van der Waals surface area contributed by atoms with Crippen LogP contribution in [0.3, 0.4) is 0 Å². The largest absolute Gasteiger partial charge is 0.497 e. The SMILES string of the molecule is COc1cc(F)c(-c2c(F)ccc(C(=O)Nc3cnccc3OCC3(CN)CC3)c2F)c(F)c1. The lowest BCUT2D eigenvalue weighted by Crippen LogP contribution is -2.23. The van der Waals surface area contributed by atoms with Gasteiger partial charge in [-0.2, -0.15) is 0 Å². The number of carbonyl (C=O) groups is 1. The number of anilines is 1. The van der Waals surface area contributed by atoms with Crippen molar-refractivity contribution in [1.29, 1.82) is 0 Å². The van der Waals surface area contributed by atoms with Crippen LogP contribution in [0.15, 0.2) is 42.7 Å². The van der Waals surface area contributed by atoms with Crippen molar-refractivity contribution >= 4 is 11.6 Å². The number of halogens is 4. The summed E-state index contributed by atoms with van der Waals surface area (Å²) in [6.45, 7) is 0.795. The van der Waals surface area contributed by atoms with Crippen molar-refractivity contribution in [3.8, 4) is 22.6 Å². The first-order valence-electron chi connectivity index (χ1n) is 10.4. The first-order chi connectivity index (χ1) is 16.3. The van der Waals surface area contributed by atoms with Crippen LogP contribution in [-0.4, -0.2) is 31.2 Å². The maximum absolute atomic E-state index is 15.2. The van der Waals surface area contributed by atoms with E-state index in [1.807, 2.05) is 0 Å². The Balaban J connectivity index is 1.64. The standard InChI is InChI=1S/C24H21F4N3O3/c1-33-13-8-16(26)20(17(27)9-13)21-15(25)3-2-14(22(21)28)23(32)31-18-10-30-7-4-19(18)34-12-24(11-29)5-6-24/h2-4,7-10H,5-6,11-12,29H2,1H3,(H,31,32). The number of pyridine rings is 1. The molecule has 0 aliphatic heterocycles. The number of amides is 1. The second-order valence-electron chi connectivity index (χ2n) is 8.07. The summed E-state index contributed by atoms with van der Waals surface area (Å²) in [5.41, 5.74) is 3.22. The summed E-state index contributed by atoms with van der Waals surface area (Å²) in [5.74, 6) is -6.01. The Morgan fingerprint density at radius 1 is 1.09 bits per heavy atom. The summed E-state index contributed by atoms with van der Waals surface area (Å²) in [7, 11) is 1.19. The first-order valence-corrected chi connectivity index (χ1v) is 10.4. The normalized spacial score (nSPS) is 13.9. The van der Waals surface area contributed by atoms with Crippen molar-refractivity contribution in [3.05, 3.63) is 71.6 Å². The molecule has 1 aliphatic rings. The van der Waals surface area contributed by atoms with Crippen LogP contribution in [0.4, 0.5) is 23.2 Å². The van der Waals surface area contributed by atoms with Gasteiger partial charge in [0.05, 0.1) is 36.6 Å². The van der Waals surface area contributed by atoms with E-state index in [0.717, 1.165) is 37.1 Å². The van der Waals surface area contributed by atoms with E-state index in [1.54, 1.807) is 0 Å². The molecule has 0 unspecified atom stereocenters. The molecule has 10 heteroatoms. The summed E-state index contributed by atoms with van der Waals surface area (Å²) < 4.78 is 69.3. The van der Waals surface area contributed by atoms with Gasteiger partial charge in [-0.1, -0.05) is 0 Å². The summed E-state index contributed by atoms with van der Waals surface area (Å²) in [4.78, 5) is 16.8. The van der Waals surface area contributed by atoms with Gasteiger partial charge in [-0.15, -0.1) is 0 Å². The van der Waals surface area contributed by atoms with Gasteiger partial charge in [0.1, 0.15) is 40.5 Å². The van der Waals surface area contributed by atoms with Crippen LogP contribution in [0, 0.1) is 28.7 Å². The molecule has 2 aromatic carbocycles. The van der Waals surface area contributed by atoms with E-state index in [0.29, 0.717) is 13.2 Å². The molecule has 0 radical (unpaired) electrons. The minimum atomic E-state index is -1.42. The van der Waals surface area contributed by atoms with E-state index < -0.39 is 45.9 Å². The molecule has 178 valence electrons. The van der Waals surface area contributed by atoms with E-state index in [2.05, 4.69) is 10.3 Å². The fourth-order valence-corrected chi connectivity index (χ4v) is 3.47. The third-order valence-corrected chi connectivity index (χ3v) is 5.79. The zero-order chi connectivity index (χ0) is 24.5. The highest BCUT2D eigenvalue weighted by Gasteiger charge is 2.42. The van der Waals surface area contributed by atoms with Crippen LogP contribution in [0.25, 0.3) is 11.1 Å². The van der Waals surface area contributed by atoms with Gasteiger partial charge in [-0.05, 0) is 25.0 Å². The van der Waals surface area contributed by atoms with Crippen LogP contribution >= 0.6 is 0 Å². The molecule has 34 heavy (non-hydrogen) atoms. The minimum absolute atomic E-state index is 0.102. The number of nitrogens with two attached hydrogens (primary N) is 1. The summed E-state index contributed by atoms with van der Waals surface area (Å²) in [5, 5.41) is 2.46. The number of carbonyl (C=O) groups excluding carboxylic acids is 1. The van der Waals surface area contributed by atoms with Crippen LogP contribution in [0.1, 0.15) is 23.2 Å². The monoisotopic (exact) mass is 475 g/mol. The number of ether oxygens (including phenoxy) is 2. The van der Waals surface area contributed by atoms with E-state index in [4.69, 9.17) is 15.2 Å². The third-order valence-electron chi connectivity index (χ3n) is 5.79.